The van der Waals surface area contributed by atoms with Gasteiger partial charge in [-0.2, -0.15) is 13.9 Å². The molecule has 106 valence electrons. The van der Waals surface area contributed by atoms with Crippen LogP contribution in [-0.4, -0.2) is 21.8 Å². The zero-order valence-electron chi connectivity index (χ0n) is 11.1. The van der Waals surface area contributed by atoms with Crippen LogP contribution < -0.4 is 0 Å². The number of nitrogens with zero attached hydrogens (tertiary/aromatic N) is 2. The molecule has 0 fully saturated rings. The number of halogens is 2. The van der Waals surface area contributed by atoms with Crippen molar-refractivity contribution in [1.82, 2.24) is 9.78 Å². The van der Waals surface area contributed by atoms with Crippen LogP contribution in [0.5, 0.6) is 0 Å². The molecule has 0 saturated heterocycles. The van der Waals surface area contributed by atoms with E-state index in [0.717, 1.165) is 11.8 Å². The Labute approximate surface area is 120 Å². The Morgan fingerprint density at radius 2 is 1.90 bits per heavy atom. The SMILES string of the molecule is CC(C)n1cc(C=O)c(-c2ccc(SC(F)F)cc2)n1. The number of benzene rings is 1. The minimum Gasteiger partial charge on any atom is -0.298 e. The van der Waals surface area contributed by atoms with Crippen LogP contribution in [0.1, 0.15) is 30.2 Å². The quantitative estimate of drug-likeness (QED) is 0.611. The molecule has 0 spiro atoms. The number of hydrogen-bond donors (Lipinski definition) is 0. The summed E-state index contributed by atoms with van der Waals surface area (Å²) in [6, 6.07) is 6.76. The molecular weight excluding hydrogens is 282 g/mol. The van der Waals surface area contributed by atoms with E-state index in [9.17, 15) is 13.6 Å². The number of hydrogen-bond acceptors (Lipinski definition) is 3. The van der Waals surface area contributed by atoms with Crippen molar-refractivity contribution in [2.24, 2.45) is 0 Å². The summed E-state index contributed by atoms with van der Waals surface area (Å²) in [5, 5.41) is 4.37. The third-order valence-electron chi connectivity index (χ3n) is 2.77. The molecule has 1 aromatic carbocycles. The van der Waals surface area contributed by atoms with Crippen LogP contribution in [0, 0.1) is 0 Å². The Kier molecular flexibility index (Phi) is 4.54. The van der Waals surface area contributed by atoms with Crippen LogP contribution in [-0.2, 0) is 0 Å². The van der Waals surface area contributed by atoms with E-state index in [0.29, 0.717) is 27.9 Å². The summed E-state index contributed by atoms with van der Waals surface area (Å²) in [6.07, 6.45) is 2.44. The van der Waals surface area contributed by atoms with Crippen molar-refractivity contribution in [1.29, 1.82) is 0 Å². The summed E-state index contributed by atoms with van der Waals surface area (Å²) in [5.74, 6) is -2.44. The first-order valence-electron chi connectivity index (χ1n) is 6.11. The zero-order valence-corrected chi connectivity index (χ0v) is 11.9. The van der Waals surface area contributed by atoms with E-state index < -0.39 is 5.76 Å². The molecule has 0 unspecified atom stereocenters. The lowest BCUT2D eigenvalue weighted by atomic mass is 10.1. The second-order valence-corrected chi connectivity index (χ2v) is 5.59. The average molecular weight is 296 g/mol. The van der Waals surface area contributed by atoms with Gasteiger partial charge in [0.1, 0.15) is 5.69 Å². The van der Waals surface area contributed by atoms with Crippen molar-refractivity contribution >= 4 is 18.0 Å². The van der Waals surface area contributed by atoms with Gasteiger partial charge in [0.15, 0.2) is 6.29 Å². The van der Waals surface area contributed by atoms with Gasteiger partial charge in [0.05, 0.1) is 5.56 Å². The lowest BCUT2D eigenvalue weighted by Gasteiger charge is -2.04. The highest BCUT2D eigenvalue weighted by atomic mass is 32.2. The molecule has 0 N–H and O–H groups in total. The van der Waals surface area contributed by atoms with E-state index in [-0.39, 0.29) is 6.04 Å². The lowest BCUT2D eigenvalue weighted by Crippen LogP contribution is -2.00. The van der Waals surface area contributed by atoms with Crippen LogP contribution in [0.2, 0.25) is 0 Å². The molecule has 0 aliphatic carbocycles. The van der Waals surface area contributed by atoms with Crippen LogP contribution >= 0.6 is 11.8 Å². The Bertz CT molecular complexity index is 594. The number of alkyl halides is 2. The number of thioether (sulfide) groups is 1. The molecule has 0 saturated carbocycles. The number of aldehydes is 1. The first kappa shape index (κ1) is 14.7. The maximum absolute atomic E-state index is 12.3. The van der Waals surface area contributed by atoms with E-state index in [1.807, 2.05) is 13.8 Å². The first-order chi connectivity index (χ1) is 9.51. The largest absolute Gasteiger partial charge is 0.298 e. The third-order valence-corrected chi connectivity index (χ3v) is 3.49. The second-order valence-electron chi connectivity index (χ2n) is 4.53. The summed E-state index contributed by atoms with van der Waals surface area (Å²) in [5.41, 5.74) is 1.81. The highest BCUT2D eigenvalue weighted by Gasteiger charge is 2.13. The van der Waals surface area contributed by atoms with Gasteiger partial charge in [-0.1, -0.05) is 23.9 Å². The van der Waals surface area contributed by atoms with Gasteiger partial charge < -0.3 is 0 Å². The maximum Gasteiger partial charge on any atom is 0.288 e. The van der Waals surface area contributed by atoms with E-state index in [4.69, 9.17) is 0 Å². The van der Waals surface area contributed by atoms with E-state index in [1.54, 1.807) is 35.1 Å². The van der Waals surface area contributed by atoms with Crippen molar-refractivity contribution in [3.63, 3.8) is 0 Å². The Hall–Kier alpha value is -1.69. The predicted octanol–water partition coefficient (Wildman–Crippen LogP) is 4.26. The van der Waals surface area contributed by atoms with Crippen LogP contribution in [0.4, 0.5) is 8.78 Å². The molecule has 0 aliphatic rings. The number of rotatable bonds is 5. The van der Waals surface area contributed by atoms with Gasteiger partial charge in [-0.3, -0.25) is 9.48 Å². The highest BCUT2D eigenvalue weighted by molar-refractivity contribution is 7.99. The number of carbonyl (C=O) groups is 1. The number of carbonyl (C=O) groups excluding carboxylic acids is 1. The van der Waals surface area contributed by atoms with Crippen molar-refractivity contribution in [2.45, 2.75) is 30.5 Å². The topological polar surface area (TPSA) is 34.9 Å². The zero-order chi connectivity index (χ0) is 14.7. The van der Waals surface area contributed by atoms with Crippen molar-refractivity contribution in [3.05, 3.63) is 36.0 Å². The summed E-state index contributed by atoms with van der Waals surface area (Å²) < 4.78 is 26.2. The van der Waals surface area contributed by atoms with Gasteiger partial charge in [0.2, 0.25) is 0 Å². The van der Waals surface area contributed by atoms with Gasteiger partial charge >= 0.3 is 0 Å². The van der Waals surface area contributed by atoms with E-state index >= 15 is 0 Å². The predicted molar refractivity (Wildman–Crippen MR) is 75.3 cm³/mol. The van der Waals surface area contributed by atoms with Crippen LogP contribution in [0.3, 0.4) is 0 Å². The summed E-state index contributed by atoms with van der Waals surface area (Å²) >= 11 is 0.494. The molecule has 1 heterocycles. The molecule has 0 radical (unpaired) electrons. The molecule has 0 bridgehead atoms. The molecular formula is C14H14F2N2OS. The van der Waals surface area contributed by atoms with Crippen molar-refractivity contribution in [3.8, 4) is 11.3 Å². The lowest BCUT2D eigenvalue weighted by molar-refractivity contribution is 0.112. The standard InChI is InChI=1S/C14H14F2N2OS/c1-9(2)18-7-11(8-19)13(17-18)10-3-5-12(6-4-10)20-14(15)16/h3-9,14H,1-2H3. The molecule has 0 aliphatic heterocycles. The molecule has 2 rings (SSSR count). The molecule has 3 nitrogen and oxygen atoms in total. The van der Waals surface area contributed by atoms with Crippen molar-refractivity contribution < 1.29 is 13.6 Å². The van der Waals surface area contributed by atoms with Crippen LogP contribution in [0.25, 0.3) is 11.3 Å². The molecule has 1 aromatic heterocycles. The molecule has 2 aromatic rings. The summed E-state index contributed by atoms with van der Waals surface area (Å²) in [4.78, 5) is 11.6. The Balaban J connectivity index is 2.33. The monoisotopic (exact) mass is 296 g/mol. The van der Waals surface area contributed by atoms with Gasteiger partial charge in [-0.05, 0) is 26.0 Å². The molecule has 0 atom stereocenters. The first-order valence-corrected chi connectivity index (χ1v) is 6.99. The fourth-order valence-electron chi connectivity index (χ4n) is 1.78. The molecule has 6 heteroatoms. The van der Waals surface area contributed by atoms with E-state index in [1.165, 1.54) is 0 Å². The highest BCUT2D eigenvalue weighted by Crippen LogP contribution is 2.28. The molecule has 0 amide bonds. The van der Waals surface area contributed by atoms with Crippen LogP contribution in [0.15, 0.2) is 35.4 Å². The summed E-state index contributed by atoms with van der Waals surface area (Å²) in [7, 11) is 0. The normalized spacial score (nSPS) is 11.3. The Morgan fingerprint density at radius 1 is 1.25 bits per heavy atom. The van der Waals surface area contributed by atoms with Gasteiger partial charge in [-0.15, -0.1) is 0 Å². The Morgan fingerprint density at radius 3 is 2.40 bits per heavy atom. The molecule has 20 heavy (non-hydrogen) atoms. The maximum atomic E-state index is 12.3. The smallest absolute Gasteiger partial charge is 0.288 e. The van der Waals surface area contributed by atoms with E-state index in [2.05, 4.69) is 5.10 Å². The fraction of sp³-hybridized carbons (Fsp3) is 0.286. The average Bonchev–Trinajstić information content (AvgIpc) is 2.83. The minimum absolute atomic E-state index is 0.149. The van der Waals surface area contributed by atoms with Crippen molar-refractivity contribution in [2.75, 3.05) is 0 Å². The van der Waals surface area contributed by atoms with Gasteiger partial charge in [-0.25, -0.2) is 0 Å². The fourth-order valence-corrected chi connectivity index (χ4v) is 2.27. The van der Waals surface area contributed by atoms with Gasteiger partial charge in [0.25, 0.3) is 5.76 Å². The third kappa shape index (κ3) is 3.25. The minimum atomic E-state index is -2.44. The van der Waals surface area contributed by atoms with Gasteiger partial charge in [0, 0.05) is 22.7 Å². The summed E-state index contributed by atoms with van der Waals surface area (Å²) in [6.45, 7) is 3.93. The second kappa shape index (κ2) is 6.17. The number of aromatic nitrogens is 2.